The van der Waals surface area contributed by atoms with Crippen LogP contribution in [0.5, 0.6) is 0 Å². The van der Waals surface area contributed by atoms with Crippen LogP contribution in [0.4, 0.5) is 16.4 Å². The molecular formula is C25H25N7O2S. The van der Waals surface area contributed by atoms with Crippen molar-refractivity contribution in [2.45, 2.75) is 25.9 Å². The van der Waals surface area contributed by atoms with Gasteiger partial charge in [-0.15, -0.1) is 11.3 Å². The van der Waals surface area contributed by atoms with Gasteiger partial charge in [-0.1, -0.05) is 24.3 Å². The molecule has 0 bridgehead atoms. The van der Waals surface area contributed by atoms with Gasteiger partial charge in [-0.2, -0.15) is 0 Å². The Labute approximate surface area is 206 Å². The number of hydrogen-bond donors (Lipinski definition) is 3. The van der Waals surface area contributed by atoms with Crippen molar-refractivity contribution in [2.24, 2.45) is 0 Å². The van der Waals surface area contributed by atoms with Crippen LogP contribution < -0.4 is 16.0 Å². The Balaban J connectivity index is 1.25. The number of urea groups is 1. The largest absolute Gasteiger partial charge is 0.348 e. The van der Waals surface area contributed by atoms with Crippen molar-refractivity contribution < 1.29 is 9.59 Å². The fourth-order valence-electron chi connectivity index (χ4n) is 3.92. The van der Waals surface area contributed by atoms with Gasteiger partial charge < -0.3 is 20.9 Å². The summed E-state index contributed by atoms with van der Waals surface area (Å²) < 4.78 is 0.753. The second-order valence-corrected chi connectivity index (χ2v) is 9.48. The number of carbonyl (C=O) groups is 2. The van der Waals surface area contributed by atoms with Crippen LogP contribution in [0.15, 0.2) is 60.2 Å². The maximum absolute atomic E-state index is 13.3. The molecule has 10 heteroatoms. The highest BCUT2D eigenvalue weighted by molar-refractivity contribution is 7.17. The Morgan fingerprint density at radius 2 is 1.91 bits per heavy atom. The van der Waals surface area contributed by atoms with Gasteiger partial charge in [0.05, 0.1) is 22.3 Å². The third-order valence-corrected chi connectivity index (χ3v) is 6.69. The first-order valence-electron chi connectivity index (χ1n) is 11.3. The third kappa shape index (κ3) is 5.07. The summed E-state index contributed by atoms with van der Waals surface area (Å²) in [6.45, 7) is 4.85. The number of nitrogens with zero attached hydrogens (tertiary/aromatic N) is 4. The number of nitrogens with one attached hydrogen (secondary N) is 3. The zero-order chi connectivity index (χ0) is 24.4. The number of likely N-dealkylation sites (tertiary alicyclic amines) is 1. The van der Waals surface area contributed by atoms with Crippen LogP contribution in [0.1, 0.15) is 34.6 Å². The van der Waals surface area contributed by atoms with Crippen LogP contribution in [0.2, 0.25) is 0 Å². The zero-order valence-corrected chi connectivity index (χ0v) is 20.2. The minimum absolute atomic E-state index is 0.0813. The zero-order valence-electron chi connectivity index (χ0n) is 19.4. The molecular weight excluding hydrogens is 462 g/mol. The number of pyridine rings is 1. The molecule has 0 unspecified atom stereocenters. The Morgan fingerprint density at radius 3 is 2.69 bits per heavy atom. The van der Waals surface area contributed by atoms with E-state index in [1.165, 1.54) is 11.3 Å². The molecule has 0 spiro atoms. The lowest BCUT2D eigenvalue weighted by molar-refractivity contribution is 0.0576. The number of benzene rings is 1. The minimum atomic E-state index is -0.290. The lowest BCUT2D eigenvalue weighted by Crippen LogP contribution is -2.61. The average Bonchev–Trinajstić information content (AvgIpc) is 3.29. The van der Waals surface area contributed by atoms with Crippen molar-refractivity contribution in [3.05, 3.63) is 77.1 Å². The molecule has 3 aromatic heterocycles. The lowest BCUT2D eigenvalue weighted by atomic mass is 10.1. The van der Waals surface area contributed by atoms with Gasteiger partial charge in [-0.3, -0.25) is 9.78 Å². The van der Waals surface area contributed by atoms with Crippen LogP contribution in [-0.4, -0.2) is 50.9 Å². The van der Waals surface area contributed by atoms with E-state index in [-0.39, 0.29) is 24.0 Å². The van der Waals surface area contributed by atoms with E-state index in [2.05, 4.69) is 37.0 Å². The molecule has 5 rings (SSSR count). The topological polar surface area (TPSA) is 112 Å². The molecule has 0 radical (unpaired) electrons. The van der Waals surface area contributed by atoms with Gasteiger partial charge in [0, 0.05) is 31.2 Å². The Hall–Kier alpha value is -4.05. The molecule has 1 fully saturated rings. The van der Waals surface area contributed by atoms with Gasteiger partial charge in [0.1, 0.15) is 0 Å². The number of aryl methyl sites for hydroxylation is 1. The van der Waals surface area contributed by atoms with Crippen LogP contribution in [0.3, 0.4) is 0 Å². The SMILES string of the molecule is Cc1cncc([C@H](C)Nc2nc(C(=O)N3CC(NC(=O)Nc4ccccc4)C3)c3sccc3n2)c1. The van der Waals surface area contributed by atoms with Gasteiger partial charge in [0.25, 0.3) is 5.91 Å². The number of aromatic nitrogens is 3. The van der Waals surface area contributed by atoms with E-state index in [4.69, 9.17) is 0 Å². The number of anilines is 2. The number of para-hydroxylation sites is 1. The van der Waals surface area contributed by atoms with Crippen LogP contribution >= 0.6 is 11.3 Å². The van der Waals surface area contributed by atoms with Gasteiger partial charge in [0.15, 0.2) is 5.69 Å². The molecule has 178 valence electrons. The second-order valence-electron chi connectivity index (χ2n) is 8.56. The van der Waals surface area contributed by atoms with Crippen LogP contribution in [-0.2, 0) is 0 Å². The first kappa shape index (κ1) is 22.7. The smallest absolute Gasteiger partial charge is 0.319 e. The van der Waals surface area contributed by atoms with E-state index in [9.17, 15) is 9.59 Å². The maximum atomic E-state index is 13.3. The maximum Gasteiger partial charge on any atom is 0.319 e. The molecule has 0 saturated carbocycles. The van der Waals surface area contributed by atoms with Crippen LogP contribution in [0, 0.1) is 6.92 Å². The number of thiophene rings is 1. The molecule has 9 nitrogen and oxygen atoms in total. The number of hydrogen-bond acceptors (Lipinski definition) is 7. The Bertz CT molecular complexity index is 1370. The fourth-order valence-corrected chi connectivity index (χ4v) is 4.74. The Kier molecular flexibility index (Phi) is 6.28. The summed E-state index contributed by atoms with van der Waals surface area (Å²) >= 11 is 1.44. The minimum Gasteiger partial charge on any atom is -0.348 e. The summed E-state index contributed by atoms with van der Waals surface area (Å²) in [5.74, 6) is 0.222. The molecule has 1 aliphatic rings. The average molecular weight is 488 g/mol. The highest BCUT2D eigenvalue weighted by Crippen LogP contribution is 2.27. The first-order chi connectivity index (χ1) is 17.0. The lowest BCUT2D eigenvalue weighted by Gasteiger charge is -2.39. The third-order valence-electron chi connectivity index (χ3n) is 5.78. The fraction of sp³-hybridized carbons (Fsp3) is 0.240. The molecule has 4 heterocycles. The normalized spacial score (nSPS) is 14.3. The van der Waals surface area contributed by atoms with Crippen molar-refractivity contribution in [3.63, 3.8) is 0 Å². The van der Waals surface area contributed by atoms with E-state index in [0.29, 0.717) is 30.4 Å². The predicted octanol–water partition coefficient (Wildman–Crippen LogP) is 4.21. The van der Waals surface area contributed by atoms with Crippen molar-refractivity contribution in [2.75, 3.05) is 23.7 Å². The molecule has 35 heavy (non-hydrogen) atoms. The van der Waals surface area contributed by atoms with Crippen molar-refractivity contribution in [1.29, 1.82) is 0 Å². The number of amides is 3. The van der Waals surface area contributed by atoms with Crippen LogP contribution in [0.25, 0.3) is 10.2 Å². The van der Waals surface area contributed by atoms with Crippen molar-refractivity contribution in [3.8, 4) is 0 Å². The summed E-state index contributed by atoms with van der Waals surface area (Å²) in [5, 5.41) is 10.9. The number of carbonyl (C=O) groups excluding carboxylic acids is 2. The van der Waals surface area contributed by atoms with E-state index in [0.717, 1.165) is 21.3 Å². The monoisotopic (exact) mass is 487 g/mol. The molecule has 3 N–H and O–H groups in total. The Morgan fingerprint density at radius 1 is 1.11 bits per heavy atom. The summed E-state index contributed by atoms with van der Waals surface area (Å²) in [6, 6.07) is 12.7. The summed E-state index contributed by atoms with van der Waals surface area (Å²) in [5.41, 5.74) is 3.89. The van der Waals surface area contributed by atoms with Gasteiger partial charge in [0.2, 0.25) is 5.95 Å². The molecule has 1 aromatic carbocycles. The quantitative estimate of drug-likeness (QED) is 0.376. The first-order valence-corrected chi connectivity index (χ1v) is 12.2. The van der Waals surface area contributed by atoms with Crippen molar-refractivity contribution >= 4 is 45.1 Å². The van der Waals surface area contributed by atoms with Gasteiger partial charge in [-0.25, -0.2) is 14.8 Å². The van der Waals surface area contributed by atoms with Gasteiger partial charge >= 0.3 is 6.03 Å². The van der Waals surface area contributed by atoms with E-state index in [1.807, 2.05) is 55.6 Å². The van der Waals surface area contributed by atoms with Gasteiger partial charge in [-0.05, 0) is 48.6 Å². The highest BCUT2D eigenvalue weighted by atomic mass is 32.1. The summed E-state index contributed by atoms with van der Waals surface area (Å²) in [7, 11) is 0. The molecule has 1 aliphatic heterocycles. The number of rotatable bonds is 6. The molecule has 1 saturated heterocycles. The molecule has 0 aliphatic carbocycles. The standard InChI is InChI=1S/C25H25N7O2S/c1-15-10-17(12-26-11-15)16(2)27-24-30-20-8-9-35-22(20)21(31-24)23(33)32-13-19(14-32)29-25(34)28-18-6-4-3-5-7-18/h3-12,16,19H,13-14H2,1-2H3,(H,27,30,31)(H2,28,29,34)/t16-/m0/s1. The number of fused-ring (bicyclic) bond motifs is 1. The molecule has 3 amide bonds. The summed E-state index contributed by atoms with van der Waals surface area (Å²) in [4.78, 5) is 40.6. The summed E-state index contributed by atoms with van der Waals surface area (Å²) in [6.07, 6.45) is 3.61. The predicted molar refractivity (Wildman–Crippen MR) is 137 cm³/mol. The molecule has 4 aromatic rings. The highest BCUT2D eigenvalue weighted by Gasteiger charge is 2.34. The van der Waals surface area contributed by atoms with E-state index in [1.54, 1.807) is 17.3 Å². The van der Waals surface area contributed by atoms with E-state index >= 15 is 0 Å². The molecule has 1 atom stereocenters. The van der Waals surface area contributed by atoms with Crippen molar-refractivity contribution in [1.82, 2.24) is 25.2 Å². The second kappa shape index (κ2) is 9.67. The van der Waals surface area contributed by atoms with E-state index < -0.39 is 0 Å².